The SMILES string of the molecule is CCC(NC(=O)C(N(C)C)C(C)(C)c1ccccc1)C(=O)N(C)C/C=C(\C)C(=O)O. The van der Waals surface area contributed by atoms with Crippen molar-refractivity contribution in [3.8, 4) is 0 Å². The van der Waals surface area contributed by atoms with Gasteiger partial charge < -0.3 is 15.3 Å². The number of amides is 2. The maximum absolute atomic E-state index is 13.2. The maximum atomic E-state index is 13.2. The molecular formula is C23H35N3O4. The molecule has 2 unspecified atom stereocenters. The van der Waals surface area contributed by atoms with E-state index in [9.17, 15) is 14.4 Å². The molecule has 1 aromatic rings. The third-order valence-corrected chi connectivity index (χ3v) is 5.37. The highest BCUT2D eigenvalue weighted by Crippen LogP contribution is 2.29. The van der Waals surface area contributed by atoms with E-state index >= 15 is 0 Å². The molecule has 0 saturated heterocycles. The maximum Gasteiger partial charge on any atom is 0.331 e. The van der Waals surface area contributed by atoms with Crippen LogP contribution in [0.4, 0.5) is 0 Å². The van der Waals surface area contributed by atoms with Crippen molar-refractivity contribution in [1.82, 2.24) is 15.1 Å². The van der Waals surface area contributed by atoms with Gasteiger partial charge in [-0.2, -0.15) is 0 Å². The molecule has 7 nitrogen and oxygen atoms in total. The Labute approximate surface area is 179 Å². The summed E-state index contributed by atoms with van der Waals surface area (Å²) in [5.74, 6) is -1.50. The molecule has 0 fully saturated rings. The van der Waals surface area contributed by atoms with Gasteiger partial charge in [0.25, 0.3) is 0 Å². The number of rotatable bonds is 10. The molecule has 2 atom stereocenters. The Hall–Kier alpha value is -2.67. The summed E-state index contributed by atoms with van der Waals surface area (Å²) in [6.07, 6.45) is 1.92. The van der Waals surface area contributed by atoms with Crippen LogP contribution >= 0.6 is 0 Å². The number of carboxylic acids is 1. The van der Waals surface area contributed by atoms with E-state index < -0.39 is 23.5 Å². The lowest BCUT2D eigenvalue weighted by molar-refractivity contribution is -0.137. The molecule has 0 heterocycles. The van der Waals surface area contributed by atoms with Gasteiger partial charge in [0, 0.05) is 24.6 Å². The average molecular weight is 418 g/mol. The molecule has 0 aliphatic rings. The van der Waals surface area contributed by atoms with Crippen LogP contribution in [0.25, 0.3) is 0 Å². The van der Waals surface area contributed by atoms with Gasteiger partial charge in [0.05, 0.1) is 6.04 Å². The van der Waals surface area contributed by atoms with Crippen LogP contribution in [0.5, 0.6) is 0 Å². The van der Waals surface area contributed by atoms with Crippen LogP contribution in [0.2, 0.25) is 0 Å². The van der Waals surface area contributed by atoms with Crippen molar-refractivity contribution in [2.75, 3.05) is 27.7 Å². The molecule has 0 spiro atoms. The minimum Gasteiger partial charge on any atom is -0.478 e. The van der Waals surface area contributed by atoms with Crippen molar-refractivity contribution in [3.63, 3.8) is 0 Å². The number of hydrogen-bond donors (Lipinski definition) is 2. The Morgan fingerprint density at radius 3 is 2.17 bits per heavy atom. The molecule has 0 saturated carbocycles. The average Bonchev–Trinajstić information content (AvgIpc) is 2.69. The lowest BCUT2D eigenvalue weighted by Gasteiger charge is -2.39. The molecule has 0 aliphatic carbocycles. The van der Waals surface area contributed by atoms with Crippen LogP contribution in [0.15, 0.2) is 42.0 Å². The molecule has 0 aliphatic heterocycles. The number of carbonyl (C=O) groups excluding carboxylic acids is 2. The van der Waals surface area contributed by atoms with Crippen LogP contribution < -0.4 is 5.32 Å². The largest absolute Gasteiger partial charge is 0.478 e. The van der Waals surface area contributed by atoms with E-state index in [4.69, 9.17) is 5.11 Å². The summed E-state index contributed by atoms with van der Waals surface area (Å²) in [7, 11) is 5.30. The quantitative estimate of drug-likeness (QED) is 0.570. The fraction of sp³-hybridized carbons (Fsp3) is 0.522. The molecule has 2 amide bonds. The van der Waals surface area contributed by atoms with E-state index in [0.717, 1.165) is 5.56 Å². The van der Waals surface area contributed by atoms with Crippen molar-refractivity contribution in [3.05, 3.63) is 47.5 Å². The highest BCUT2D eigenvalue weighted by Gasteiger charge is 2.39. The number of likely N-dealkylation sites (N-methyl/N-ethyl adjacent to an activating group) is 2. The Kier molecular flexibility index (Phi) is 9.23. The van der Waals surface area contributed by atoms with Gasteiger partial charge in [0.2, 0.25) is 11.8 Å². The fourth-order valence-corrected chi connectivity index (χ4v) is 3.54. The second-order valence-electron chi connectivity index (χ2n) is 8.33. The number of nitrogens with zero attached hydrogens (tertiary/aromatic N) is 2. The number of carbonyl (C=O) groups is 3. The van der Waals surface area contributed by atoms with Crippen LogP contribution in [0.1, 0.15) is 39.7 Å². The second kappa shape index (κ2) is 10.9. The molecular weight excluding hydrogens is 382 g/mol. The van der Waals surface area contributed by atoms with E-state index in [2.05, 4.69) is 5.32 Å². The Balaban J connectivity index is 3.00. The standard InChI is InChI=1S/C23H35N3O4/c1-8-18(21(28)26(7)15-14-16(2)22(29)30)24-20(27)19(25(5)6)23(3,4)17-12-10-9-11-13-17/h9-14,18-19H,8,15H2,1-7H3,(H,24,27)(H,29,30)/b16-14+. The number of hydrogen-bond acceptors (Lipinski definition) is 4. The predicted molar refractivity (Wildman–Crippen MR) is 118 cm³/mol. The van der Waals surface area contributed by atoms with E-state index in [1.54, 1.807) is 7.05 Å². The topological polar surface area (TPSA) is 90.0 Å². The summed E-state index contributed by atoms with van der Waals surface area (Å²) in [4.78, 5) is 40.3. The zero-order valence-corrected chi connectivity index (χ0v) is 19.1. The third kappa shape index (κ3) is 6.42. The van der Waals surface area contributed by atoms with Crippen LogP contribution in [-0.2, 0) is 19.8 Å². The number of benzene rings is 1. The predicted octanol–water partition coefficient (Wildman–Crippen LogP) is 2.28. The van der Waals surface area contributed by atoms with Crippen LogP contribution in [0.3, 0.4) is 0 Å². The monoisotopic (exact) mass is 417 g/mol. The molecule has 7 heteroatoms. The highest BCUT2D eigenvalue weighted by atomic mass is 16.4. The van der Waals surface area contributed by atoms with Crippen molar-refractivity contribution in [2.24, 2.45) is 0 Å². The Bertz CT molecular complexity index is 772. The second-order valence-corrected chi connectivity index (χ2v) is 8.33. The van der Waals surface area contributed by atoms with Crippen molar-refractivity contribution in [2.45, 2.75) is 51.6 Å². The zero-order chi connectivity index (χ0) is 23.1. The van der Waals surface area contributed by atoms with Gasteiger partial charge in [0.15, 0.2) is 0 Å². The van der Waals surface area contributed by atoms with Gasteiger partial charge in [-0.1, -0.05) is 57.2 Å². The van der Waals surface area contributed by atoms with E-state index in [1.165, 1.54) is 17.9 Å². The third-order valence-electron chi connectivity index (χ3n) is 5.37. The Morgan fingerprint density at radius 2 is 1.70 bits per heavy atom. The summed E-state index contributed by atoms with van der Waals surface area (Å²) < 4.78 is 0. The van der Waals surface area contributed by atoms with E-state index in [0.29, 0.717) is 6.42 Å². The van der Waals surface area contributed by atoms with Crippen molar-refractivity contribution < 1.29 is 19.5 Å². The summed E-state index contributed by atoms with van der Waals surface area (Å²) >= 11 is 0. The van der Waals surface area contributed by atoms with Gasteiger partial charge in [-0.25, -0.2) is 4.79 Å². The minimum absolute atomic E-state index is 0.163. The summed E-state index contributed by atoms with van der Waals surface area (Å²) in [5, 5.41) is 11.9. The smallest absolute Gasteiger partial charge is 0.331 e. The highest BCUT2D eigenvalue weighted by molar-refractivity contribution is 5.91. The van der Waals surface area contributed by atoms with E-state index in [1.807, 2.05) is 70.1 Å². The molecule has 1 aromatic carbocycles. The lowest BCUT2D eigenvalue weighted by Crippen LogP contribution is -2.58. The molecule has 166 valence electrons. The van der Waals surface area contributed by atoms with Crippen molar-refractivity contribution >= 4 is 17.8 Å². The summed E-state index contributed by atoms with van der Waals surface area (Å²) in [6, 6.07) is 8.65. The van der Waals surface area contributed by atoms with Gasteiger partial charge in [-0.05, 0) is 33.0 Å². The first-order valence-corrected chi connectivity index (χ1v) is 10.1. The zero-order valence-electron chi connectivity index (χ0n) is 19.1. The summed E-state index contributed by atoms with van der Waals surface area (Å²) in [5.41, 5.74) is 0.720. The molecule has 0 aromatic heterocycles. The molecule has 0 radical (unpaired) electrons. The molecule has 1 rings (SSSR count). The van der Waals surface area contributed by atoms with Crippen molar-refractivity contribution in [1.29, 1.82) is 0 Å². The lowest BCUT2D eigenvalue weighted by atomic mass is 9.76. The molecule has 0 bridgehead atoms. The minimum atomic E-state index is -1.02. The van der Waals surface area contributed by atoms with Crippen LogP contribution in [-0.4, -0.2) is 72.5 Å². The first-order valence-electron chi connectivity index (χ1n) is 10.1. The fourth-order valence-electron chi connectivity index (χ4n) is 3.54. The summed E-state index contributed by atoms with van der Waals surface area (Å²) in [6.45, 7) is 7.51. The first-order chi connectivity index (χ1) is 13.9. The normalized spacial score (nSPS) is 14.2. The van der Waals surface area contributed by atoms with E-state index in [-0.39, 0.29) is 23.9 Å². The Morgan fingerprint density at radius 1 is 1.13 bits per heavy atom. The molecule has 2 N–H and O–H groups in total. The first kappa shape index (κ1) is 25.4. The number of aliphatic carboxylic acids is 1. The van der Waals surface area contributed by atoms with Gasteiger partial charge in [0.1, 0.15) is 6.04 Å². The van der Waals surface area contributed by atoms with Gasteiger partial charge in [-0.3, -0.25) is 14.5 Å². The van der Waals surface area contributed by atoms with Gasteiger partial charge >= 0.3 is 5.97 Å². The molecule has 30 heavy (non-hydrogen) atoms. The number of nitrogens with one attached hydrogen (secondary N) is 1. The van der Waals surface area contributed by atoms with Crippen LogP contribution in [0, 0.1) is 0 Å². The van der Waals surface area contributed by atoms with Gasteiger partial charge in [-0.15, -0.1) is 0 Å². The number of carboxylic acid groups (broad SMARTS) is 1.